The van der Waals surface area contributed by atoms with Gasteiger partial charge in [-0.05, 0) is 12.1 Å². The second-order valence-corrected chi connectivity index (χ2v) is 4.47. The van der Waals surface area contributed by atoms with Crippen LogP contribution in [0.4, 0.5) is 20.2 Å². The number of halogens is 2. The number of hydrogen-bond acceptors (Lipinski definition) is 6. The van der Waals surface area contributed by atoms with Crippen molar-refractivity contribution in [2.45, 2.75) is 13.2 Å². The molecule has 2 rings (SSSR count). The molecule has 0 saturated heterocycles. The second-order valence-electron chi connectivity index (χ2n) is 4.47. The maximum absolute atomic E-state index is 12.3. The quantitative estimate of drug-likeness (QED) is 0.762. The number of methoxy groups -OCH3 is 2. The Balaban J connectivity index is 2.18. The van der Waals surface area contributed by atoms with Gasteiger partial charge in [0.05, 0.1) is 32.1 Å². The van der Waals surface area contributed by atoms with Gasteiger partial charge in [-0.15, -0.1) is 0 Å². The summed E-state index contributed by atoms with van der Waals surface area (Å²) in [5.41, 5.74) is 7.27. The normalized spacial score (nSPS) is 10.5. The summed E-state index contributed by atoms with van der Waals surface area (Å²) in [6.45, 7) is -2.63. The highest BCUT2D eigenvalue weighted by molar-refractivity contribution is 5.68. The number of ether oxygens (including phenoxy) is 3. The number of hydrogen-bond donors (Lipinski definition) is 2. The predicted octanol–water partition coefficient (Wildman–Crippen LogP) is 2.89. The summed E-state index contributed by atoms with van der Waals surface area (Å²) in [5.74, 6) is 1.05. The maximum Gasteiger partial charge on any atom is 0.387 e. The highest BCUT2D eigenvalue weighted by atomic mass is 19.3. The molecule has 23 heavy (non-hydrogen) atoms. The van der Waals surface area contributed by atoms with Crippen LogP contribution in [-0.4, -0.2) is 25.8 Å². The molecule has 6 nitrogen and oxygen atoms in total. The van der Waals surface area contributed by atoms with Gasteiger partial charge >= 0.3 is 6.61 Å². The van der Waals surface area contributed by atoms with Crippen LogP contribution in [0.3, 0.4) is 0 Å². The lowest BCUT2D eigenvalue weighted by Crippen LogP contribution is -2.08. The molecule has 0 saturated carbocycles. The van der Waals surface area contributed by atoms with Crippen LogP contribution in [0.1, 0.15) is 5.69 Å². The first-order valence-corrected chi connectivity index (χ1v) is 6.69. The average Bonchev–Trinajstić information content (AvgIpc) is 2.54. The van der Waals surface area contributed by atoms with E-state index in [2.05, 4.69) is 15.0 Å². The third-order valence-corrected chi connectivity index (χ3v) is 3.06. The summed E-state index contributed by atoms with van der Waals surface area (Å²) >= 11 is 0. The van der Waals surface area contributed by atoms with E-state index in [1.807, 2.05) is 0 Å². The van der Waals surface area contributed by atoms with Gasteiger partial charge < -0.3 is 25.3 Å². The number of anilines is 2. The molecule has 1 aromatic carbocycles. The number of pyridine rings is 1. The Morgan fingerprint density at radius 1 is 1.22 bits per heavy atom. The first kappa shape index (κ1) is 16.6. The third kappa shape index (κ3) is 4.12. The Labute approximate surface area is 132 Å². The van der Waals surface area contributed by atoms with Gasteiger partial charge in [0, 0.05) is 18.3 Å². The van der Waals surface area contributed by atoms with E-state index in [0.29, 0.717) is 28.6 Å². The van der Waals surface area contributed by atoms with Crippen LogP contribution in [0.5, 0.6) is 17.2 Å². The molecular formula is C15H17F2N3O3. The number of nitrogens with one attached hydrogen (secondary N) is 1. The second kappa shape index (κ2) is 7.48. The van der Waals surface area contributed by atoms with Crippen molar-refractivity contribution in [1.29, 1.82) is 0 Å². The zero-order valence-electron chi connectivity index (χ0n) is 12.7. The van der Waals surface area contributed by atoms with Crippen molar-refractivity contribution >= 4 is 11.4 Å². The minimum absolute atomic E-state index is 0.0160. The van der Waals surface area contributed by atoms with Gasteiger partial charge in [-0.3, -0.25) is 4.98 Å². The molecule has 3 N–H and O–H groups in total. The van der Waals surface area contributed by atoms with Crippen LogP contribution in [0.25, 0.3) is 0 Å². The van der Waals surface area contributed by atoms with Gasteiger partial charge in [-0.2, -0.15) is 8.78 Å². The lowest BCUT2D eigenvalue weighted by molar-refractivity contribution is -0.0497. The van der Waals surface area contributed by atoms with Crippen LogP contribution in [0.2, 0.25) is 0 Å². The van der Waals surface area contributed by atoms with Crippen LogP contribution < -0.4 is 25.3 Å². The summed E-state index contributed by atoms with van der Waals surface area (Å²) in [5, 5.41) is 3.02. The van der Waals surface area contributed by atoms with Crippen molar-refractivity contribution in [3.63, 3.8) is 0 Å². The molecule has 0 amide bonds. The highest BCUT2D eigenvalue weighted by Crippen LogP contribution is 2.31. The van der Waals surface area contributed by atoms with Gasteiger partial charge in [0.15, 0.2) is 11.5 Å². The Bertz CT molecular complexity index is 668. The smallest absolute Gasteiger partial charge is 0.387 e. The fourth-order valence-corrected chi connectivity index (χ4v) is 2.02. The molecule has 0 aliphatic rings. The Morgan fingerprint density at radius 2 is 2.00 bits per heavy atom. The van der Waals surface area contributed by atoms with Gasteiger partial charge in [-0.1, -0.05) is 0 Å². The molecule has 0 aliphatic heterocycles. The van der Waals surface area contributed by atoms with Crippen molar-refractivity contribution in [2.75, 3.05) is 25.3 Å². The summed E-state index contributed by atoms with van der Waals surface area (Å²) in [4.78, 5) is 4.21. The SMILES string of the molecule is COc1ccnc(CNc2cc(OC(F)F)ccc2N)c1OC. The Hall–Kier alpha value is -2.77. The molecule has 1 heterocycles. The van der Waals surface area contributed by atoms with Crippen molar-refractivity contribution in [1.82, 2.24) is 4.98 Å². The van der Waals surface area contributed by atoms with Crippen LogP contribution >= 0.6 is 0 Å². The predicted molar refractivity (Wildman–Crippen MR) is 82.2 cm³/mol. The van der Waals surface area contributed by atoms with E-state index in [0.717, 1.165) is 0 Å². The zero-order chi connectivity index (χ0) is 16.8. The maximum atomic E-state index is 12.3. The fourth-order valence-electron chi connectivity index (χ4n) is 2.02. The molecule has 2 aromatic rings. The van der Waals surface area contributed by atoms with E-state index < -0.39 is 6.61 Å². The van der Waals surface area contributed by atoms with Gasteiger partial charge in [-0.25, -0.2) is 0 Å². The summed E-state index contributed by atoms with van der Waals surface area (Å²) < 4.78 is 39.4. The number of nitrogens with zero attached hydrogens (tertiary/aromatic N) is 1. The van der Waals surface area contributed by atoms with E-state index in [1.165, 1.54) is 32.4 Å². The van der Waals surface area contributed by atoms with Crippen molar-refractivity contribution in [2.24, 2.45) is 0 Å². The summed E-state index contributed by atoms with van der Waals surface area (Å²) in [6, 6.07) is 5.93. The molecule has 124 valence electrons. The first-order valence-electron chi connectivity index (χ1n) is 6.69. The lowest BCUT2D eigenvalue weighted by atomic mass is 10.2. The first-order chi connectivity index (χ1) is 11.0. The molecule has 0 bridgehead atoms. The molecule has 0 unspecified atom stereocenters. The molecular weight excluding hydrogens is 308 g/mol. The minimum Gasteiger partial charge on any atom is -0.493 e. The third-order valence-electron chi connectivity index (χ3n) is 3.06. The summed E-state index contributed by atoms with van der Waals surface area (Å²) in [7, 11) is 3.03. The molecule has 0 fully saturated rings. The number of rotatable bonds is 7. The van der Waals surface area contributed by atoms with Gasteiger partial charge in [0.1, 0.15) is 11.4 Å². The van der Waals surface area contributed by atoms with E-state index >= 15 is 0 Å². The van der Waals surface area contributed by atoms with E-state index in [1.54, 1.807) is 12.3 Å². The molecule has 0 atom stereocenters. The number of alkyl halides is 2. The van der Waals surface area contributed by atoms with Crippen LogP contribution in [0.15, 0.2) is 30.5 Å². The molecule has 0 aliphatic carbocycles. The largest absolute Gasteiger partial charge is 0.493 e. The van der Waals surface area contributed by atoms with E-state index in [4.69, 9.17) is 15.2 Å². The number of nitrogens with two attached hydrogens (primary N) is 1. The average molecular weight is 325 g/mol. The van der Waals surface area contributed by atoms with Crippen LogP contribution in [0, 0.1) is 0 Å². The Kier molecular flexibility index (Phi) is 5.40. The van der Waals surface area contributed by atoms with Crippen molar-refractivity contribution < 1.29 is 23.0 Å². The topological polar surface area (TPSA) is 78.6 Å². The zero-order valence-corrected chi connectivity index (χ0v) is 12.7. The fraction of sp³-hybridized carbons (Fsp3) is 0.267. The van der Waals surface area contributed by atoms with Crippen molar-refractivity contribution in [3.05, 3.63) is 36.2 Å². The summed E-state index contributed by atoms with van der Waals surface area (Å²) in [6.07, 6.45) is 1.58. The monoisotopic (exact) mass is 325 g/mol. The minimum atomic E-state index is -2.90. The highest BCUT2D eigenvalue weighted by Gasteiger charge is 2.12. The van der Waals surface area contributed by atoms with Crippen LogP contribution in [-0.2, 0) is 6.54 Å². The van der Waals surface area contributed by atoms with E-state index in [9.17, 15) is 8.78 Å². The number of benzene rings is 1. The standard InChI is InChI=1S/C15H17F2N3O3/c1-21-13-5-6-19-12(14(13)22-2)8-20-11-7-9(23-15(16)17)3-4-10(11)18/h3-7,15,20H,8,18H2,1-2H3. The molecule has 0 radical (unpaired) electrons. The Morgan fingerprint density at radius 3 is 2.65 bits per heavy atom. The number of nitrogen functional groups attached to an aromatic ring is 1. The van der Waals surface area contributed by atoms with E-state index in [-0.39, 0.29) is 12.3 Å². The van der Waals surface area contributed by atoms with Gasteiger partial charge in [0.2, 0.25) is 0 Å². The number of aromatic nitrogens is 1. The molecule has 8 heteroatoms. The lowest BCUT2D eigenvalue weighted by Gasteiger charge is -2.14. The van der Waals surface area contributed by atoms with Crippen molar-refractivity contribution in [3.8, 4) is 17.2 Å². The van der Waals surface area contributed by atoms with Gasteiger partial charge in [0.25, 0.3) is 0 Å². The molecule has 1 aromatic heterocycles. The molecule has 0 spiro atoms.